The first-order chi connectivity index (χ1) is 7.66. The van der Waals surface area contributed by atoms with Gasteiger partial charge in [0.1, 0.15) is 6.33 Å². The molecule has 5 heteroatoms. The number of aromatic nitrogens is 2. The molecule has 1 N–H and O–H groups in total. The number of hydrogen-bond donors (Lipinski definition) is 1. The molecule has 82 valence electrons. The van der Waals surface area contributed by atoms with E-state index in [1.165, 1.54) is 6.33 Å². The van der Waals surface area contributed by atoms with E-state index in [4.69, 9.17) is 11.6 Å². The van der Waals surface area contributed by atoms with E-state index in [-0.39, 0.29) is 5.82 Å². The molecule has 2 rings (SSSR count). The van der Waals surface area contributed by atoms with Gasteiger partial charge in [0.2, 0.25) is 0 Å². The van der Waals surface area contributed by atoms with E-state index in [9.17, 15) is 4.39 Å². The SMILES string of the molecule is Cc1ncnc(Nc2ccc(Cl)cc2)c1F. The van der Waals surface area contributed by atoms with Gasteiger partial charge in [-0.1, -0.05) is 11.6 Å². The zero-order valence-electron chi connectivity index (χ0n) is 8.54. The Bertz CT molecular complexity index is 499. The average molecular weight is 238 g/mol. The molecule has 2 aromatic rings. The van der Waals surface area contributed by atoms with Crippen LogP contribution in [0, 0.1) is 12.7 Å². The lowest BCUT2D eigenvalue weighted by molar-refractivity contribution is 0.607. The Balaban J connectivity index is 2.27. The summed E-state index contributed by atoms with van der Waals surface area (Å²) in [6, 6.07) is 6.93. The van der Waals surface area contributed by atoms with Crippen LogP contribution in [-0.2, 0) is 0 Å². The normalized spacial score (nSPS) is 10.2. The van der Waals surface area contributed by atoms with Gasteiger partial charge in [0.05, 0.1) is 5.69 Å². The molecule has 0 aliphatic carbocycles. The van der Waals surface area contributed by atoms with Crippen molar-refractivity contribution in [2.24, 2.45) is 0 Å². The zero-order valence-corrected chi connectivity index (χ0v) is 9.29. The number of rotatable bonds is 2. The molecule has 0 spiro atoms. The van der Waals surface area contributed by atoms with Crippen molar-refractivity contribution in [2.45, 2.75) is 6.92 Å². The van der Waals surface area contributed by atoms with Gasteiger partial charge >= 0.3 is 0 Å². The monoisotopic (exact) mass is 237 g/mol. The van der Waals surface area contributed by atoms with Crippen LogP contribution in [0.4, 0.5) is 15.9 Å². The Morgan fingerprint density at radius 3 is 2.56 bits per heavy atom. The van der Waals surface area contributed by atoms with Crippen molar-refractivity contribution in [3.8, 4) is 0 Å². The van der Waals surface area contributed by atoms with Gasteiger partial charge in [0.25, 0.3) is 0 Å². The van der Waals surface area contributed by atoms with Gasteiger partial charge in [-0.2, -0.15) is 0 Å². The highest BCUT2D eigenvalue weighted by Gasteiger charge is 2.07. The first kappa shape index (κ1) is 10.8. The molecule has 0 amide bonds. The van der Waals surface area contributed by atoms with E-state index in [1.54, 1.807) is 31.2 Å². The summed E-state index contributed by atoms with van der Waals surface area (Å²) in [6.45, 7) is 1.59. The lowest BCUT2D eigenvalue weighted by atomic mass is 10.3. The predicted octanol–water partition coefficient (Wildman–Crippen LogP) is 3.32. The van der Waals surface area contributed by atoms with Gasteiger partial charge in [0.15, 0.2) is 11.6 Å². The van der Waals surface area contributed by atoms with Crippen LogP contribution >= 0.6 is 11.6 Å². The lowest BCUT2D eigenvalue weighted by Crippen LogP contribution is -2.00. The van der Waals surface area contributed by atoms with Crippen molar-refractivity contribution < 1.29 is 4.39 Å². The molecule has 1 aromatic heterocycles. The molecule has 0 bridgehead atoms. The van der Waals surface area contributed by atoms with Gasteiger partial charge < -0.3 is 5.32 Å². The van der Waals surface area contributed by atoms with Crippen LogP contribution in [0.5, 0.6) is 0 Å². The largest absolute Gasteiger partial charge is 0.338 e. The number of nitrogens with zero attached hydrogens (tertiary/aromatic N) is 2. The van der Waals surface area contributed by atoms with Crippen molar-refractivity contribution in [2.75, 3.05) is 5.32 Å². The highest BCUT2D eigenvalue weighted by atomic mass is 35.5. The standard InChI is InChI=1S/C11H9ClFN3/c1-7-10(13)11(15-6-14-7)16-9-4-2-8(12)3-5-9/h2-6H,1H3,(H,14,15,16). The van der Waals surface area contributed by atoms with E-state index < -0.39 is 5.82 Å². The minimum absolute atomic E-state index is 0.162. The minimum atomic E-state index is -0.447. The van der Waals surface area contributed by atoms with Crippen molar-refractivity contribution in [1.82, 2.24) is 9.97 Å². The summed E-state index contributed by atoms with van der Waals surface area (Å²) >= 11 is 5.74. The molecule has 3 nitrogen and oxygen atoms in total. The van der Waals surface area contributed by atoms with Gasteiger partial charge in [-0.15, -0.1) is 0 Å². The molecule has 0 aliphatic heterocycles. The fourth-order valence-electron chi connectivity index (χ4n) is 1.21. The summed E-state index contributed by atoms with van der Waals surface area (Å²) < 4.78 is 13.6. The molecular formula is C11H9ClFN3. The lowest BCUT2D eigenvalue weighted by Gasteiger charge is -2.07. The number of anilines is 2. The van der Waals surface area contributed by atoms with Crippen LogP contribution in [0.15, 0.2) is 30.6 Å². The van der Waals surface area contributed by atoms with Gasteiger partial charge in [-0.25, -0.2) is 14.4 Å². The summed E-state index contributed by atoms with van der Waals surface area (Å²) in [5, 5.41) is 3.49. The highest BCUT2D eigenvalue weighted by molar-refractivity contribution is 6.30. The van der Waals surface area contributed by atoms with Gasteiger partial charge in [-0.05, 0) is 31.2 Å². The third-order valence-corrected chi connectivity index (χ3v) is 2.32. The van der Waals surface area contributed by atoms with Crippen LogP contribution in [0.3, 0.4) is 0 Å². The molecule has 0 saturated carbocycles. The van der Waals surface area contributed by atoms with E-state index >= 15 is 0 Å². The molecular weight excluding hydrogens is 229 g/mol. The van der Waals surface area contributed by atoms with Crippen molar-refractivity contribution in [3.05, 3.63) is 47.1 Å². The second kappa shape index (κ2) is 4.45. The van der Waals surface area contributed by atoms with Gasteiger partial charge in [-0.3, -0.25) is 0 Å². The van der Waals surface area contributed by atoms with E-state index in [0.717, 1.165) is 5.69 Å². The van der Waals surface area contributed by atoms with Crippen LogP contribution in [0.2, 0.25) is 5.02 Å². The molecule has 1 aromatic carbocycles. The molecule has 0 atom stereocenters. The molecule has 0 saturated heterocycles. The Hall–Kier alpha value is -1.68. The Labute approximate surface area is 97.3 Å². The third kappa shape index (κ3) is 2.28. The second-order valence-electron chi connectivity index (χ2n) is 3.25. The summed E-state index contributed by atoms with van der Waals surface area (Å²) in [5.74, 6) is -0.285. The van der Waals surface area contributed by atoms with Crippen LogP contribution in [0.1, 0.15) is 5.69 Å². The van der Waals surface area contributed by atoms with Crippen molar-refractivity contribution in [3.63, 3.8) is 0 Å². The number of aryl methyl sites for hydroxylation is 1. The van der Waals surface area contributed by atoms with Crippen molar-refractivity contribution in [1.29, 1.82) is 0 Å². The third-order valence-electron chi connectivity index (χ3n) is 2.07. The minimum Gasteiger partial charge on any atom is -0.338 e. The number of hydrogen-bond acceptors (Lipinski definition) is 3. The summed E-state index contributed by atoms with van der Waals surface area (Å²) in [4.78, 5) is 7.57. The van der Waals surface area contributed by atoms with Crippen LogP contribution in [0.25, 0.3) is 0 Å². The van der Waals surface area contributed by atoms with Crippen LogP contribution in [-0.4, -0.2) is 9.97 Å². The molecule has 0 radical (unpaired) electrons. The fourth-order valence-corrected chi connectivity index (χ4v) is 1.34. The molecule has 0 aliphatic rings. The smallest absolute Gasteiger partial charge is 0.186 e. The Morgan fingerprint density at radius 2 is 1.88 bits per heavy atom. The summed E-state index contributed by atoms with van der Waals surface area (Å²) in [5.41, 5.74) is 1.04. The maximum absolute atomic E-state index is 13.6. The van der Waals surface area contributed by atoms with E-state index in [2.05, 4.69) is 15.3 Å². The second-order valence-corrected chi connectivity index (χ2v) is 3.69. The fraction of sp³-hybridized carbons (Fsp3) is 0.0909. The highest BCUT2D eigenvalue weighted by Crippen LogP contribution is 2.20. The van der Waals surface area contributed by atoms with Gasteiger partial charge in [0, 0.05) is 10.7 Å². The average Bonchev–Trinajstić information content (AvgIpc) is 2.28. The molecule has 0 fully saturated rings. The first-order valence-electron chi connectivity index (χ1n) is 4.66. The maximum atomic E-state index is 13.6. The zero-order chi connectivity index (χ0) is 11.5. The first-order valence-corrected chi connectivity index (χ1v) is 5.04. The number of halogens is 2. The quantitative estimate of drug-likeness (QED) is 0.871. The predicted molar refractivity (Wildman–Crippen MR) is 61.5 cm³/mol. The number of nitrogens with one attached hydrogen (secondary N) is 1. The Morgan fingerprint density at radius 1 is 1.19 bits per heavy atom. The van der Waals surface area contributed by atoms with Crippen molar-refractivity contribution >= 4 is 23.1 Å². The number of benzene rings is 1. The van der Waals surface area contributed by atoms with E-state index in [0.29, 0.717) is 10.7 Å². The maximum Gasteiger partial charge on any atom is 0.186 e. The molecule has 0 unspecified atom stereocenters. The molecule has 16 heavy (non-hydrogen) atoms. The topological polar surface area (TPSA) is 37.8 Å². The van der Waals surface area contributed by atoms with E-state index in [1.807, 2.05) is 0 Å². The Kier molecular flexibility index (Phi) is 3.01. The summed E-state index contributed by atoms with van der Waals surface area (Å²) in [7, 11) is 0. The molecule has 1 heterocycles. The van der Waals surface area contributed by atoms with Crippen LogP contribution < -0.4 is 5.32 Å². The summed E-state index contributed by atoms with van der Waals surface area (Å²) in [6.07, 6.45) is 1.32.